The van der Waals surface area contributed by atoms with E-state index in [1.807, 2.05) is 4.90 Å². The number of piperidine rings is 2. The molecule has 49 heavy (non-hydrogen) atoms. The molecule has 3 fully saturated rings. The summed E-state index contributed by atoms with van der Waals surface area (Å²) in [6.45, 7) is 4.92. The first-order valence-electron chi connectivity index (χ1n) is 17.1. The number of aliphatic hydroxyl groups excluding tert-OH is 3. The Morgan fingerprint density at radius 3 is 2.18 bits per heavy atom. The molecule has 0 radical (unpaired) electrons. The number of benzene rings is 2. The number of nitrogens with one attached hydrogen (secondary N) is 1. The number of amides is 2. The van der Waals surface area contributed by atoms with Gasteiger partial charge in [-0.25, -0.2) is 17.2 Å². The normalized spacial score (nSPS) is 28.4. The van der Waals surface area contributed by atoms with E-state index in [1.54, 1.807) is 6.07 Å². The van der Waals surface area contributed by atoms with Gasteiger partial charge < -0.3 is 25.1 Å². The predicted octanol–water partition coefficient (Wildman–Crippen LogP) is 1.57. The van der Waals surface area contributed by atoms with Crippen molar-refractivity contribution >= 4 is 33.0 Å². The van der Waals surface area contributed by atoms with Crippen LogP contribution >= 0.6 is 0 Å². The number of imide groups is 1. The van der Waals surface area contributed by atoms with Crippen molar-refractivity contribution in [2.45, 2.75) is 74.2 Å². The van der Waals surface area contributed by atoms with Gasteiger partial charge in [-0.1, -0.05) is 0 Å². The molecule has 5 unspecified atom stereocenters. The fourth-order valence-electron chi connectivity index (χ4n) is 8.28. The molecule has 2 amide bonds. The predicted molar refractivity (Wildman–Crippen MR) is 176 cm³/mol. The summed E-state index contributed by atoms with van der Waals surface area (Å²) in [5.41, 5.74) is 1.97. The number of hydrogen-bond acceptors (Lipinski definition) is 11. The topological polar surface area (TPSA) is 154 Å². The maximum atomic E-state index is 15.4. The SMILES string of the molecule is CS(=O)(=O)c1ccc(N2CCC(CCN3CCN(c4cc5c(cc4F)C(=O)N(C4CCC(O)NC4O)C5=O)CC3)CC2)c2c1C(O)C(F)C2. The van der Waals surface area contributed by atoms with Gasteiger partial charge >= 0.3 is 0 Å². The van der Waals surface area contributed by atoms with E-state index in [2.05, 4.69) is 15.1 Å². The van der Waals surface area contributed by atoms with E-state index in [1.165, 1.54) is 12.1 Å². The Hall–Kier alpha value is -3.21. The molecule has 2 aromatic rings. The molecule has 7 rings (SSSR count). The van der Waals surface area contributed by atoms with Crippen molar-refractivity contribution in [1.82, 2.24) is 15.1 Å². The molecule has 0 saturated carbocycles. The Kier molecular flexibility index (Phi) is 9.20. The number of piperazine rings is 1. The molecule has 266 valence electrons. The van der Waals surface area contributed by atoms with Crippen LogP contribution in [0.2, 0.25) is 0 Å². The molecular weight excluding hydrogens is 660 g/mol. The molecule has 1 aliphatic carbocycles. The maximum absolute atomic E-state index is 15.4. The molecule has 4 N–H and O–H groups in total. The van der Waals surface area contributed by atoms with Crippen molar-refractivity contribution in [1.29, 1.82) is 0 Å². The van der Waals surface area contributed by atoms with Gasteiger partial charge in [0.15, 0.2) is 9.84 Å². The van der Waals surface area contributed by atoms with Crippen molar-refractivity contribution < 1.29 is 42.1 Å². The Balaban J connectivity index is 0.923. The van der Waals surface area contributed by atoms with Crippen LogP contribution in [0.1, 0.15) is 70.1 Å². The van der Waals surface area contributed by atoms with Crippen LogP contribution in [-0.4, -0.2) is 122 Å². The summed E-state index contributed by atoms with van der Waals surface area (Å²) in [4.78, 5) is 33.8. The van der Waals surface area contributed by atoms with Crippen LogP contribution in [0.4, 0.5) is 20.2 Å². The van der Waals surface area contributed by atoms with Crippen LogP contribution < -0.4 is 15.1 Å². The second-order valence-corrected chi connectivity index (χ2v) is 16.0. The molecule has 4 aliphatic heterocycles. The molecule has 12 nitrogen and oxygen atoms in total. The van der Waals surface area contributed by atoms with Crippen molar-refractivity contribution in [3.63, 3.8) is 0 Å². The largest absolute Gasteiger partial charge is 0.385 e. The highest BCUT2D eigenvalue weighted by molar-refractivity contribution is 7.90. The first-order valence-corrected chi connectivity index (χ1v) is 18.9. The summed E-state index contributed by atoms with van der Waals surface area (Å²) in [6, 6.07) is 4.95. The summed E-state index contributed by atoms with van der Waals surface area (Å²) in [7, 11) is -3.61. The average Bonchev–Trinajstić information content (AvgIpc) is 3.49. The van der Waals surface area contributed by atoms with Crippen LogP contribution in [-0.2, 0) is 16.3 Å². The fraction of sp³-hybridized carbons (Fsp3) is 0.588. The van der Waals surface area contributed by atoms with Gasteiger partial charge in [-0.05, 0) is 74.4 Å². The third-order valence-electron chi connectivity index (χ3n) is 11.0. The number of sulfone groups is 1. The Morgan fingerprint density at radius 1 is 0.878 bits per heavy atom. The Labute approximate surface area is 284 Å². The van der Waals surface area contributed by atoms with Crippen molar-refractivity contribution in [2.75, 3.05) is 61.9 Å². The second kappa shape index (κ2) is 13.2. The third-order valence-corrected chi connectivity index (χ3v) is 12.2. The van der Waals surface area contributed by atoms with E-state index in [-0.39, 0.29) is 46.5 Å². The number of hydrogen-bond donors (Lipinski definition) is 4. The van der Waals surface area contributed by atoms with Crippen molar-refractivity contribution in [2.24, 2.45) is 5.92 Å². The smallest absolute Gasteiger partial charge is 0.262 e. The lowest BCUT2D eigenvalue weighted by atomic mass is 9.92. The van der Waals surface area contributed by atoms with Crippen LogP contribution in [0.15, 0.2) is 29.2 Å². The summed E-state index contributed by atoms with van der Waals surface area (Å²) in [5, 5.41) is 33.1. The zero-order chi connectivity index (χ0) is 34.8. The third kappa shape index (κ3) is 6.33. The van der Waals surface area contributed by atoms with E-state index in [4.69, 9.17) is 0 Å². The zero-order valence-corrected chi connectivity index (χ0v) is 28.2. The van der Waals surface area contributed by atoms with Crippen LogP contribution in [0.3, 0.4) is 0 Å². The number of alkyl halides is 1. The maximum Gasteiger partial charge on any atom is 0.262 e. The second-order valence-electron chi connectivity index (χ2n) is 14.1. The summed E-state index contributed by atoms with van der Waals surface area (Å²) in [5.74, 6) is -1.32. The number of anilines is 2. The van der Waals surface area contributed by atoms with Gasteiger partial charge in [0.1, 0.15) is 30.5 Å². The Morgan fingerprint density at radius 2 is 1.53 bits per heavy atom. The highest BCUT2D eigenvalue weighted by Crippen LogP contribution is 2.43. The molecular formula is C34H43F2N5O7S. The average molecular weight is 704 g/mol. The number of halogens is 2. The minimum Gasteiger partial charge on any atom is -0.385 e. The summed E-state index contributed by atoms with van der Waals surface area (Å²) < 4.78 is 54.5. The van der Waals surface area contributed by atoms with Crippen molar-refractivity contribution in [3.8, 4) is 0 Å². The van der Waals surface area contributed by atoms with E-state index < -0.39 is 58.2 Å². The van der Waals surface area contributed by atoms with E-state index in [0.717, 1.165) is 61.8 Å². The van der Waals surface area contributed by atoms with Crippen molar-refractivity contribution in [3.05, 3.63) is 52.3 Å². The Bertz CT molecular complexity index is 1750. The van der Waals surface area contributed by atoms with Gasteiger partial charge in [-0.15, -0.1) is 0 Å². The molecule has 0 bridgehead atoms. The molecule has 0 spiro atoms. The zero-order valence-electron chi connectivity index (χ0n) is 27.4. The first kappa shape index (κ1) is 34.2. The lowest BCUT2D eigenvalue weighted by molar-refractivity contribution is -0.0413. The molecule has 3 saturated heterocycles. The molecule has 5 atom stereocenters. The highest BCUT2D eigenvalue weighted by atomic mass is 32.2. The quantitative estimate of drug-likeness (QED) is 0.311. The molecule has 2 aromatic carbocycles. The minimum atomic E-state index is -3.61. The van der Waals surface area contributed by atoms with Crippen LogP contribution in [0.5, 0.6) is 0 Å². The molecule has 5 aliphatic rings. The van der Waals surface area contributed by atoms with E-state index >= 15 is 4.39 Å². The number of fused-ring (bicyclic) bond motifs is 2. The summed E-state index contributed by atoms with van der Waals surface area (Å²) >= 11 is 0. The number of carbonyl (C=O) groups excluding carboxylic acids is 2. The van der Waals surface area contributed by atoms with Gasteiger partial charge in [-0.2, -0.15) is 0 Å². The van der Waals surface area contributed by atoms with Crippen LogP contribution in [0.25, 0.3) is 0 Å². The highest BCUT2D eigenvalue weighted by Gasteiger charge is 2.45. The number of carbonyl (C=O) groups is 2. The fourth-order valence-corrected chi connectivity index (χ4v) is 9.24. The van der Waals surface area contributed by atoms with Gasteiger partial charge in [0.25, 0.3) is 11.8 Å². The molecule has 4 heterocycles. The van der Waals surface area contributed by atoms with Gasteiger partial charge in [0, 0.05) is 63.2 Å². The number of nitrogens with zero attached hydrogens (tertiary/aromatic N) is 4. The minimum absolute atomic E-state index is 0.00147. The van der Waals surface area contributed by atoms with Gasteiger partial charge in [0.05, 0.1) is 27.8 Å². The number of aliphatic hydroxyl groups is 3. The first-order chi connectivity index (χ1) is 23.3. The lowest BCUT2D eigenvalue weighted by Gasteiger charge is -2.38. The van der Waals surface area contributed by atoms with Crippen LogP contribution in [0, 0.1) is 11.7 Å². The number of rotatable bonds is 7. The van der Waals surface area contributed by atoms with E-state index in [0.29, 0.717) is 37.7 Å². The standard InChI is InChI=1S/C34H43F2N5O7S/c1-49(47,48)28-4-2-25(22-17-24(36)31(43)30(22)28)39-10-7-19(8-11-39)6-9-38-12-14-40(15-13-38)27-18-21-20(16-23(27)35)33(45)41(34(21)46)26-3-5-29(42)37-32(26)44/h2,4,16,18-19,24,26,29,31-32,37,42-44H,3,5-15,17H2,1H3. The molecule has 15 heteroatoms. The molecule has 0 aromatic heterocycles. The monoisotopic (exact) mass is 703 g/mol. The van der Waals surface area contributed by atoms with Gasteiger partial charge in [0.2, 0.25) is 0 Å². The van der Waals surface area contributed by atoms with Gasteiger partial charge in [-0.3, -0.25) is 24.7 Å². The summed E-state index contributed by atoms with van der Waals surface area (Å²) in [6.07, 6.45) is -0.756. The lowest BCUT2D eigenvalue weighted by Crippen LogP contribution is -2.58. The van der Waals surface area contributed by atoms with E-state index in [9.17, 15) is 37.7 Å².